The summed E-state index contributed by atoms with van der Waals surface area (Å²) in [6.45, 7) is 4.80. The Labute approximate surface area is 234 Å². The average molecular weight is 546 g/mol. The fourth-order valence-electron chi connectivity index (χ4n) is 5.10. The van der Waals surface area contributed by atoms with Crippen LogP contribution in [-0.2, 0) is 11.3 Å². The monoisotopic (exact) mass is 545 g/mol. The summed E-state index contributed by atoms with van der Waals surface area (Å²) in [6.07, 6.45) is -0.386. The first-order chi connectivity index (χ1) is 19.4. The van der Waals surface area contributed by atoms with E-state index in [9.17, 15) is 14.7 Å². The molecule has 0 unspecified atom stereocenters. The molecule has 2 N–H and O–H groups in total. The minimum Gasteiger partial charge on any atom is -0.454 e. The number of fused-ring (bicyclic) bond motifs is 4. The van der Waals surface area contributed by atoms with Gasteiger partial charge in [-0.25, -0.2) is 4.79 Å². The highest BCUT2D eigenvalue weighted by atomic mass is 16.7. The molecule has 9 nitrogen and oxygen atoms in total. The van der Waals surface area contributed by atoms with Gasteiger partial charge in [0.05, 0.1) is 25.4 Å². The molecule has 3 atom stereocenters. The van der Waals surface area contributed by atoms with Crippen LogP contribution in [0, 0.1) is 5.92 Å². The van der Waals surface area contributed by atoms with Crippen LogP contribution in [0.5, 0.6) is 11.5 Å². The van der Waals surface area contributed by atoms with Crippen LogP contribution < -0.4 is 14.8 Å². The van der Waals surface area contributed by atoms with Gasteiger partial charge in [-0.3, -0.25) is 4.79 Å². The number of ether oxygens (including phenoxy) is 3. The number of benzene rings is 3. The number of hydrogen-bond donors (Lipinski definition) is 2. The third-order valence-corrected chi connectivity index (χ3v) is 7.52. The molecule has 0 spiro atoms. The Hall–Kier alpha value is -4.08. The number of likely N-dealkylation sites (N-methyl/N-ethyl adjacent to an activating group) is 1. The smallest absolute Gasteiger partial charge is 0.321 e. The summed E-state index contributed by atoms with van der Waals surface area (Å²) in [6, 6.07) is 20.0. The van der Waals surface area contributed by atoms with Gasteiger partial charge in [-0.1, -0.05) is 49.4 Å². The molecule has 40 heavy (non-hydrogen) atoms. The van der Waals surface area contributed by atoms with Gasteiger partial charge in [0, 0.05) is 43.4 Å². The highest BCUT2D eigenvalue weighted by Crippen LogP contribution is 2.34. The van der Waals surface area contributed by atoms with Crippen molar-refractivity contribution in [3.05, 3.63) is 77.9 Å². The fourth-order valence-corrected chi connectivity index (χ4v) is 5.10. The van der Waals surface area contributed by atoms with Crippen molar-refractivity contribution >= 4 is 17.6 Å². The lowest BCUT2D eigenvalue weighted by atomic mass is 9.94. The number of amides is 3. The van der Waals surface area contributed by atoms with Crippen LogP contribution in [0.25, 0.3) is 11.1 Å². The molecule has 0 saturated carbocycles. The van der Waals surface area contributed by atoms with E-state index in [-0.39, 0.29) is 37.4 Å². The molecule has 0 fully saturated rings. The maximum absolute atomic E-state index is 13.9. The van der Waals surface area contributed by atoms with E-state index < -0.39 is 6.04 Å². The molecule has 210 valence electrons. The van der Waals surface area contributed by atoms with E-state index in [1.54, 1.807) is 35.0 Å². The van der Waals surface area contributed by atoms with Crippen molar-refractivity contribution in [3.8, 4) is 22.6 Å². The van der Waals surface area contributed by atoms with Crippen molar-refractivity contribution in [1.29, 1.82) is 0 Å². The summed E-state index contributed by atoms with van der Waals surface area (Å²) in [5.74, 6) is 0.942. The number of rotatable bonds is 5. The summed E-state index contributed by atoms with van der Waals surface area (Å²) >= 11 is 0. The second kappa shape index (κ2) is 12.0. The molecule has 2 heterocycles. The number of nitrogens with zero attached hydrogens (tertiary/aromatic N) is 2. The molecular weight excluding hydrogens is 510 g/mol. The van der Waals surface area contributed by atoms with Gasteiger partial charge >= 0.3 is 6.03 Å². The van der Waals surface area contributed by atoms with Crippen LogP contribution in [0.15, 0.2) is 66.7 Å². The highest BCUT2D eigenvalue weighted by Gasteiger charge is 2.31. The number of anilines is 1. The summed E-state index contributed by atoms with van der Waals surface area (Å²) in [5, 5.41) is 12.9. The van der Waals surface area contributed by atoms with Gasteiger partial charge in [-0.2, -0.15) is 0 Å². The minimum absolute atomic E-state index is 0.142. The predicted octanol–water partition coefficient (Wildman–Crippen LogP) is 4.60. The lowest BCUT2D eigenvalue weighted by Gasteiger charge is -2.35. The maximum atomic E-state index is 13.9. The molecule has 3 amide bonds. The molecule has 2 aliphatic rings. The largest absolute Gasteiger partial charge is 0.454 e. The van der Waals surface area contributed by atoms with Crippen molar-refractivity contribution in [2.45, 2.75) is 32.6 Å². The fraction of sp³-hybridized carbons (Fsp3) is 0.355. The highest BCUT2D eigenvalue weighted by molar-refractivity contribution is 6.01. The zero-order valence-corrected chi connectivity index (χ0v) is 23.0. The number of carbonyl (C=O) groups is 2. The second-order valence-electron chi connectivity index (χ2n) is 10.4. The van der Waals surface area contributed by atoms with Gasteiger partial charge in [0.1, 0.15) is 0 Å². The van der Waals surface area contributed by atoms with Crippen LogP contribution >= 0.6 is 0 Å². The summed E-state index contributed by atoms with van der Waals surface area (Å²) < 4.78 is 17.3. The van der Waals surface area contributed by atoms with Crippen LogP contribution in [0.2, 0.25) is 0 Å². The van der Waals surface area contributed by atoms with Crippen molar-refractivity contribution in [2.24, 2.45) is 5.92 Å². The van der Waals surface area contributed by atoms with Crippen molar-refractivity contribution < 1.29 is 28.9 Å². The molecule has 0 aliphatic carbocycles. The molecule has 0 radical (unpaired) electrons. The Kier molecular flexibility index (Phi) is 8.23. The topological polar surface area (TPSA) is 101 Å². The van der Waals surface area contributed by atoms with Crippen molar-refractivity contribution in [3.63, 3.8) is 0 Å². The quantitative estimate of drug-likeness (QED) is 0.486. The normalized spacial score (nSPS) is 19.2. The van der Waals surface area contributed by atoms with Gasteiger partial charge in [0.2, 0.25) is 6.79 Å². The Bertz CT molecular complexity index is 1380. The summed E-state index contributed by atoms with van der Waals surface area (Å²) in [5.41, 5.74) is 3.88. The molecule has 0 saturated heterocycles. The Morgan fingerprint density at radius 3 is 2.52 bits per heavy atom. The number of aliphatic hydroxyl groups is 1. The van der Waals surface area contributed by atoms with E-state index in [4.69, 9.17) is 14.2 Å². The number of urea groups is 1. The first kappa shape index (κ1) is 27.5. The van der Waals surface area contributed by atoms with Crippen LogP contribution in [0.1, 0.15) is 29.8 Å². The minimum atomic E-state index is -0.397. The van der Waals surface area contributed by atoms with Crippen LogP contribution in [0.3, 0.4) is 0 Å². The Balaban J connectivity index is 1.41. The van der Waals surface area contributed by atoms with Gasteiger partial charge < -0.3 is 34.4 Å². The SMILES string of the molecule is C[C@H](CO)N1C[C@H](C)[C@H](CN(C)C(=O)Nc2ccc3c(c2)OCO3)OCc2ccccc2-c2ccccc2C1=O. The van der Waals surface area contributed by atoms with Gasteiger partial charge in [-0.15, -0.1) is 0 Å². The van der Waals surface area contributed by atoms with Crippen molar-refractivity contribution in [1.82, 2.24) is 9.80 Å². The maximum Gasteiger partial charge on any atom is 0.321 e. The second-order valence-corrected chi connectivity index (χ2v) is 10.4. The van der Waals surface area contributed by atoms with Crippen LogP contribution in [-0.4, -0.2) is 72.5 Å². The van der Waals surface area contributed by atoms with Crippen molar-refractivity contribution in [2.75, 3.05) is 38.9 Å². The first-order valence-corrected chi connectivity index (χ1v) is 13.5. The Morgan fingerprint density at radius 1 is 1.05 bits per heavy atom. The molecule has 0 bridgehead atoms. The third kappa shape index (κ3) is 5.76. The number of nitrogens with one attached hydrogen (secondary N) is 1. The standard InChI is InChI=1S/C31H35N3O6/c1-20-15-34(21(2)17-35)30(36)26-11-7-6-10-25(26)24-9-5-4-8-22(24)18-38-29(20)16-33(3)31(37)32-23-12-13-27-28(14-23)40-19-39-27/h4-14,20-21,29,35H,15-19H2,1-3H3,(H,32,37)/t20-,21+,29-/m0/s1. The van der Waals surface area contributed by atoms with E-state index >= 15 is 0 Å². The first-order valence-electron chi connectivity index (χ1n) is 13.5. The Morgan fingerprint density at radius 2 is 1.75 bits per heavy atom. The average Bonchev–Trinajstić information content (AvgIpc) is 3.44. The van der Waals surface area contributed by atoms with E-state index in [2.05, 4.69) is 5.32 Å². The molecule has 3 aromatic carbocycles. The molecule has 2 aliphatic heterocycles. The lowest BCUT2D eigenvalue weighted by molar-refractivity contribution is -0.0178. The number of carbonyl (C=O) groups excluding carboxylic acids is 2. The summed E-state index contributed by atoms with van der Waals surface area (Å²) in [7, 11) is 1.71. The zero-order chi connectivity index (χ0) is 28.2. The van der Waals surface area contributed by atoms with E-state index in [0.717, 1.165) is 16.7 Å². The van der Waals surface area contributed by atoms with Crippen LogP contribution in [0.4, 0.5) is 10.5 Å². The summed E-state index contributed by atoms with van der Waals surface area (Å²) in [4.78, 5) is 30.3. The van der Waals surface area contributed by atoms with E-state index in [1.807, 2.05) is 62.4 Å². The third-order valence-electron chi connectivity index (χ3n) is 7.52. The lowest BCUT2D eigenvalue weighted by Crippen LogP contribution is -2.48. The van der Waals surface area contributed by atoms with E-state index in [0.29, 0.717) is 42.4 Å². The molecule has 3 aromatic rings. The van der Waals surface area contributed by atoms with Gasteiger partial charge in [0.25, 0.3) is 5.91 Å². The van der Waals surface area contributed by atoms with E-state index in [1.165, 1.54) is 0 Å². The zero-order valence-electron chi connectivity index (χ0n) is 23.0. The van der Waals surface area contributed by atoms with Gasteiger partial charge in [0.15, 0.2) is 11.5 Å². The van der Waals surface area contributed by atoms with Gasteiger partial charge in [-0.05, 0) is 41.8 Å². The number of hydrogen-bond acceptors (Lipinski definition) is 6. The number of aliphatic hydroxyl groups excluding tert-OH is 1. The molecule has 0 aromatic heterocycles. The molecule has 5 rings (SSSR count). The predicted molar refractivity (Wildman–Crippen MR) is 151 cm³/mol. The molecule has 9 heteroatoms. The molecular formula is C31H35N3O6.